The number of amides is 2. The van der Waals surface area contributed by atoms with E-state index in [2.05, 4.69) is 20.8 Å². The average Bonchev–Trinajstić information content (AvgIpc) is 2.94. The number of hydrogen-bond donors (Lipinski definition) is 2. The molecule has 10 heteroatoms. The monoisotopic (exact) mass is 384 g/mol. The largest absolute Gasteiger partial charge is 0.416 e. The number of hydrogen-bond acceptors (Lipinski definition) is 4. The van der Waals surface area contributed by atoms with Gasteiger partial charge in [0.1, 0.15) is 0 Å². The van der Waals surface area contributed by atoms with Crippen LogP contribution in [0.1, 0.15) is 16.8 Å². The summed E-state index contributed by atoms with van der Waals surface area (Å²) in [6.07, 6.45) is -4.44. The third-order valence-corrected chi connectivity index (χ3v) is 4.22. The van der Waals surface area contributed by atoms with E-state index in [0.717, 1.165) is 24.3 Å². The number of carbonyl (C=O) groups excluding carboxylic acids is 1. The van der Waals surface area contributed by atoms with Crippen LogP contribution in [0.2, 0.25) is 5.02 Å². The number of rotatable bonds is 2. The zero-order valence-electron chi connectivity index (χ0n) is 13.5. The Morgan fingerprint density at radius 1 is 1.15 bits per heavy atom. The molecule has 0 radical (unpaired) electrons. The first-order valence-electron chi connectivity index (χ1n) is 7.34. The molecule has 0 aliphatic carbocycles. The molecule has 0 saturated heterocycles. The van der Waals surface area contributed by atoms with Crippen molar-refractivity contribution in [1.82, 2.24) is 10.1 Å². The minimum Gasteiger partial charge on any atom is -0.334 e. The summed E-state index contributed by atoms with van der Waals surface area (Å²) in [6.45, 7) is 3.44. The van der Waals surface area contributed by atoms with E-state index >= 15 is 0 Å². The Labute approximate surface area is 150 Å². The molecule has 0 atom stereocenters. The fourth-order valence-corrected chi connectivity index (χ4v) is 2.51. The van der Waals surface area contributed by atoms with Gasteiger partial charge in [-0.15, -0.1) is 0 Å². The summed E-state index contributed by atoms with van der Waals surface area (Å²) in [7, 11) is 0. The van der Waals surface area contributed by atoms with Gasteiger partial charge in [-0.05, 0) is 43.7 Å². The molecule has 136 valence electrons. The average molecular weight is 385 g/mol. The topological polar surface area (TPSA) is 80.1 Å². The molecule has 0 fully saturated rings. The van der Waals surface area contributed by atoms with E-state index in [1.165, 1.54) is 0 Å². The van der Waals surface area contributed by atoms with Crippen LogP contribution in [-0.2, 0) is 6.18 Å². The van der Waals surface area contributed by atoms with E-state index in [4.69, 9.17) is 16.1 Å². The number of pyridine rings is 1. The number of aryl methyl sites for hydroxylation is 2. The van der Waals surface area contributed by atoms with Crippen molar-refractivity contribution in [3.05, 3.63) is 46.1 Å². The molecule has 3 rings (SSSR count). The predicted octanol–water partition coefficient (Wildman–Crippen LogP) is 5.16. The highest BCUT2D eigenvalue weighted by Crippen LogP contribution is 2.32. The number of carbonyl (C=O) groups is 1. The van der Waals surface area contributed by atoms with E-state index < -0.39 is 17.8 Å². The highest BCUT2D eigenvalue weighted by atomic mass is 35.5. The third kappa shape index (κ3) is 3.43. The summed E-state index contributed by atoms with van der Waals surface area (Å²) in [5, 5.41) is 9.51. The number of anilines is 2. The Morgan fingerprint density at radius 2 is 1.81 bits per heavy atom. The molecule has 0 unspecified atom stereocenters. The molecule has 3 aromatic rings. The van der Waals surface area contributed by atoms with Gasteiger partial charge in [-0.1, -0.05) is 16.8 Å². The summed E-state index contributed by atoms with van der Waals surface area (Å²) < 4.78 is 42.7. The van der Waals surface area contributed by atoms with E-state index in [1.54, 1.807) is 13.8 Å². The van der Waals surface area contributed by atoms with Gasteiger partial charge < -0.3 is 9.84 Å². The van der Waals surface area contributed by atoms with Gasteiger partial charge in [-0.3, -0.25) is 5.32 Å². The number of nitrogens with zero attached hydrogens (tertiary/aromatic N) is 2. The van der Waals surface area contributed by atoms with Gasteiger partial charge >= 0.3 is 12.2 Å². The van der Waals surface area contributed by atoms with Gasteiger partial charge in [-0.25, -0.2) is 9.78 Å². The first-order chi connectivity index (χ1) is 12.2. The van der Waals surface area contributed by atoms with E-state index in [1.807, 2.05) is 0 Å². The SMILES string of the molecule is Cc1nc2onc(NC(=O)Nc3ccc(C(F)(F)F)cc3)c2c(C)c1Cl. The molecule has 1 aromatic carbocycles. The Kier molecular flexibility index (Phi) is 4.49. The van der Waals surface area contributed by atoms with Crippen LogP contribution in [0.4, 0.5) is 29.5 Å². The third-order valence-electron chi connectivity index (χ3n) is 3.67. The van der Waals surface area contributed by atoms with Gasteiger partial charge in [0.05, 0.1) is 21.7 Å². The van der Waals surface area contributed by atoms with E-state index in [-0.39, 0.29) is 17.2 Å². The molecule has 6 nitrogen and oxygen atoms in total. The Balaban J connectivity index is 1.79. The maximum Gasteiger partial charge on any atom is 0.416 e. The fourth-order valence-electron chi connectivity index (χ4n) is 2.38. The molecule has 2 heterocycles. The second-order valence-electron chi connectivity index (χ2n) is 5.50. The van der Waals surface area contributed by atoms with E-state index in [0.29, 0.717) is 21.7 Å². The maximum atomic E-state index is 12.5. The number of halogens is 4. The standard InChI is InChI=1S/C16H12ClF3N4O2/c1-7-11-13(24-26-14(11)21-8(2)12(7)17)23-15(25)22-10-5-3-9(4-6-10)16(18,19)20/h3-6H,1-2H3,(H2,22,23,24,25). The lowest BCUT2D eigenvalue weighted by Crippen LogP contribution is -2.20. The van der Waals surface area contributed by atoms with Crippen LogP contribution in [0, 0.1) is 13.8 Å². The van der Waals surface area contributed by atoms with Crippen molar-refractivity contribution in [2.45, 2.75) is 20.0 Å². The number of urea groups is 1. The molecule has 0 bridgehead atoms. The first-order valence-corrected chi connectivity index (χ1v) is 7.72. The highest BCUT2D eigenvalue weighted by molar-refractivity contribution is 6.33. The van der Waals surface area contributed by atoms with Crippen molar-refractivity contribution >= 4 is 40.2 Å². The number of fused-ring (bicyclic) bond motifs is 1. The normalized spacial score (nSPS) is 11.6. The lowest BCUT2D eigenvalue weighted by molar-refractivity contribution is -0.137. The van der Waals surface area contributed by atoms with Gasteiger partial charge in [-0.2, -0.15) is 13.2 Å². The number of benzene rings is 1. The van der Waals surface area contributed by atoms with Crippen LogP contribution in [0.15, 0.2) is 28.8 Å². The van der Waals surface area contributed by atoms with Crippen molar-refractivity contribution in [1.29, 1.82) is 0 Å². The molecular formula is C16H12ClF3N4O2. The predicted molar refractivity (Wildman–Crippen MR) is 90.4 cm³/mol. The fraction of sp³-hybridized carbons (Fsp3) is 0.188. The summed E-state index contributed by atoms with van der Waals surface area (Å²) >= 11 is 6.15. The lowest BCUT2D eigenvalue weighted by atomic mass is 10.2. The van der Waals surface area contributed by atoms with Crippen molar-refractivity contribution in [2.24, 2.45) is 0 Å². The van der Waals surface area contributed by atoms with Crippen LogP contribution in [0.25, 0.3) is 11.1 Å². The van der Waals surface area contributed by atoms with Crippen molar-refractivity contribution in [3.63, 3.8) is 0 Å². The summed E-state index contributed by atoms with van der Waals surface area (Å²) in [6, 6.07) is 3.35. The molecule has 2 N–H and O–H groups in total. The molecular weight excluding hydrogens is 373 g/mol. The Bertz CT molecular complexity index is 984. The smallest absolute Gasteiger partial charge is 0.334 e. The molecule has 2 amide bonds. The Hall–Kier alpha value is -2.81. The van der Waals surface area contributed by atoms with Crippen molar-refractivity contribution < 1.29 is 22.5 Å². The van der Waals surface area contributed by atoms with E-state index in [9.17, 15) is 18.0 Å². The first kappa shape index (κ1) is 18.0. The molecule has 2 aromatic heterocycles. The zero-order valence-corrected chi connectivity index (χ0v) is 14.3. The molecule has 26 heavy (non-hydrogen) atoms. The van der Waals surface area contributed by atoms with Crippen LogP contribution in [0.3, 0.4) is 0 Å². The summed E-state index contributed by atoms with van der Waals surface area (Å²) in [4.78, 5) is 16.2. The minimum atomic E-state index is -4.44. The van der Waals surface area contributed by atoms with Gasteiger partial charge in [0.15, 0.2) is 5.82 Å². The van der Waals surface area contributed by atoms with Gasteiger partial charge in [0.2, 0.25) is 0 Å². The van der Waals surface area contributed by atoms with Crippen LogP contribution in [0.5, 0.6) is 0 Å². The second-order valence-corrected chi connectivity index (χ2v) is 5.88. The Morgan fingerprint density at radius 3 is 2.42 bits per heavy atom. The summed E-state index contributed by atoms with van der Waals surface area (Å²) in [5.74, 6) is 0.108. The van der Waals surface area contributed by atoms with Crippen LogP contribution in [-0.4, -0.2) is 16.2 Å². The number of nitrogens with one attached hydrogen (secondary N) is 2. The molecule has 0 saturated carbocycles. The highest BCUT2D eigenvalue weighted by Gasteiger charge is 2.30. The van der Waals surface area contributed by atoms with Crippen molar-refractivity contribution in [2.75, 3.05) is 10.6 Å². The molecule has 0 aliphatic heterocycles. The van der Waals surface area contributed by atoms with Gasteiger partial charge in [0.25, 0.3) is 5.71 Å². The van der Waals surface area contributed by atoms with Gasteiger partial charge in [0, 0.05) is 5.69 Å². The van der Waals surface area contributed by atoms with Crippen LogP contribution < -0.4 is 10.6 Å². The quantitative estimate of drug-likeness (QED) is 0.639. The number of alkyl halides is 3. The molecule has 0 aliphatic rings. The van der Waals surface area contributed by atoms with Crippen molar-refractivity contribution in [3.8, 4) is 0 Å². The second kappa shape index (κ2) is 6.49. The maximum absolute atomic E-state index is 12.5. The minimum absolute atomic E-state index is 0.108. The lowest BCUT2D eigenvalue weighted by Gasteiger charge is -2.09. The summed E-state index contributed by atoms with van der Waals surface area (Å²) in [5.41, 5.74) is 0.799. The number of aromatic nitrogens is 2. The molecule has 0 spiro atoms. The zero-order chi connectivity index (χ0) is 19.1. The van der Waals surface area contributed by atoms with Crippen LogP contribution >= 0.6 is 11.6 Å².